The summed E-state index contributed by atoms with van der Waals surface area (Å²) in [5.74, 6) is 0. The molecule has 12 heavy (non-hydrogen) atoms. The molecule has 0 saturated heterocycles. The second-order valence-electron chi connectivity index (χ2n) is 0.986. The van der Waals surface area contributed by atoms with E-state index in [1.807, 2.05) is 0 Å². The summed E-state index contributed by atoms with van der Waals surface area (Å²) in [6.07, 6.45) is -5.64. The van der Waals surface area contributed by atoms with Crippen LogP contribution in [0.2, 0.25) is 0 Å². The first-order chi connectivity index (χ1) is 4.52. The summed E-state index contributed by atoms with van der Waals surface area (Å²) in [5.41, 5.74) is 0. The van der Waals surface area contributed by atoms with Crippen LogP contribution in [0.3, 0.4) is 0 Å². The van der Waals surface area contributed by atoms with Gasteiger partial charge >= 0.3 is 79.3 Å². The van der Waals surface area contributed by atoms with E-state index in [4.69, 9.17) is 10.2 Å². The van der Waals surface area contributed by atoms with Crippen LogP contribution in [0.1, 0.15) is 0 Å². The van der Waals surface area contributed by atoms with Gasteiger partial charge in [-0.2, -0.15) is 0 Å². The predicted octanol–water partition coefficient (Wildman–Crippen LogP) is -1.34. The fourth-order valence-corrected chi connectivity index (χ4v) is 0.163. The predicted molar refractivity (Wildman–Crippen MR) is 40.7 cm³/mol. The molecule has 0 aromatic carbocycles. The van der Waals surface area contributed by atoms with E-state index in [1.54, 1.807) is 0 Å². The van der Waals surface area contributed by atoms with Crippen LogP contribution in [0.5, 0.6) is 0 Å². The van der Waals surface area contributed by atoms with Crippen molar-refractivity contribution in [3.8, 4) is 0 Å². The summed E-state index contributed by atoms with van der Waals surface area (Å²) in [6, 6.07) is 0. The van der Waals surface area contributed by atoms with Gasteiger partial charge in [0.1, 0.15) is 0 Å². The Bertz CT molecular complexity index is 161. The number of rotatable bonds is 0. The molecule has 9 heteroatoms. The molecule has 0 rings (SSSR count). The van der Waals surface area contributed by atoms with Gasteiger partial charge in [-0.1, -0.05) is 0 Å². The average molecular weight is 218 g/mol. The van der Waals surface area contributed by atoms with Gasteiger partial charge in [-0.25, -0.2) is 14.4 Å². The molecule has 0 bridgehead atoms. The summed E-state index contributed by atoms with van der Waals surface area (Å²) < 4.78 is 6.47. The number of ether oxygens (including phenoxy) is 2. The van der Waals surface area contributed by atoms with E-state index in [0.29, 0.717) is 0 Å². The molecule has 0 atom stereocenters. The number of carbonyl (C=O) groups is 3. The second-order valence-corrected chi connectivity index (χ2v) is 0.986. The molecule has 7 nitrogen and oxygen atoms in total. The minimum absolute atomic E-state index is 0. The average Bonchev–Trinajstić information content (AvgIpc) is 1.58. The minimum atomic E-state index is -1.92. The van der Waals surface area contributed by atoms with Crippen molar-refractivity contribution in [3.05, 3.63) is 0 Å². The number of carbonyl (C=O) groups excluding carboxylic acids is 1. The molecule has 2 N–H and O–H groups in total. The SMILES string of the molecule is O=C(O)OC(=O)OC(=O)O.[CaH2].[MgH2]. The molecule has 0 spiro atoms. The Hall–Kier alpha value is 0.236. The topological polar surface area (TPSA) is 110 Å². The molecular weight excluding hydrogens is 212 g/mol. The van der Waals surface area contributed by atoms with E-state index < -0.39 is 18.5 Å². The van der Waals surface area contributed by atoms with Crippen molar-refractivity contribution in [2.45, 2.75) is 0 Å². The Labute approximate surface area is 112 Å². The van der Waals surface area contributed by atoms with Crippen molar-refractivity contribution in [1.82, 2.24) is 0 Å². The van der Waals surface area contributed by atoms with Crippen LogP contribution in [0, 0.1) is 0 Å². The quantitative estimate of drug-likeness (QED) is 0.294. The molecule has 0 aromatic heterocycles. The van der Waals surface area contributed by atoms with Gasteiger partial charge in [-0.3, -0.25) is 0 Å². The van der Waals surface area contributed by atoms with Crippen LogP contribution in [0.15, 0.2) is 0 Å². The maximum absolute atomic E-state index is 9.86. The van der Waals surface area contributed by atoms with Gasteiger partial charge in [-0.15, -0.1) is 0 Å². The first-order valence-electron chi connectivity index (χ1n) is 1.88. The van der Waals surface area contributed by atoms with Gasteiger partial charge in [0.05, 0.1) is 0 Å². The van der Waals surface area contributed by atoms with E-state index >= 15 is 0 Å². The van der Waals surface area contributed by atoms with Crippen LogP contribution >= 0.6 is 0 Å². The Balaban J connectivity index is -0.000000405. The van der Waals surface area contributed by atoms with Crippen molar-refractivity contribution in [2.24, 2.45) is 0 Å². The normalized spacial score (nSPS) is 6.67. The van der Waals surface area contributed by atoms with Gasteiger partial charge in [0.15, 0.2) is 0 Å². The van der Waals surface area contributed by atoms with Crippen molar-refractivity contribution >= 4 is 79.3 Å². The molecule has 0 saturated carbocycles. The molecule has 0 aromatic rings. The summed E-state index contributed by atoms with van der Waals surface area (Å²) in [7, 11) is 0. The van der Waals surface area contributed by atoms with E-state index in [0.717, 1.165) is 0 Å². The molecule has 0 unspecified atom stereocenters. The van der Waals surface area contributed by atoms with Crippen molar-refractivity contribution in [3.63, 3.8) is 0 Å². The van der Waals surface area contributed by atoms with E-state index in [-0.39, 0.29) is 60.8 Å². The standard InChI is InChI=1S/C3H2O7.Ca.Mg.4H/c4-1(5)9-3(8)10-2(6)7;;;;;;/h(H,4,5)(H,6,7);;;;;;. The van der Waals surface area contributed by atoms with Gasteiger partial charge in [0.2, 0.25) is 0 Å². The summed E-state index contributed by atoms with van der Waals surface area (Å²) in [6.45, 7) is 0. The van der Waals surface area contributed by atoms with Crippen molar-refractivity contribution in [1.29, 1.82) is 0 Å². The Morgan fingerprint density at radius 2 is 1.17 bits per heavy atom. The Kier molecular flexibility index (Phi) is 14.1. The van der Waals surface area contributed by atoms with Crippen LogP contribution in [-0.2, 0) is 9.47 Å². The number of hydrogen-bond donors (Lipinski definition) is 2. The van der Waals surface area contributed by atoms with E-state index in [2.05, 4.69) is 9.47 Å². The first kappa shape index (κ1) is 18.1. The van der Waals surface area contributed by atoms with Crippen LogP contribution in [-0.4, -0.2) is 89.5 Å². The van der Waals surface area contributed by atoms with E-state index in [1.165, 1.54) is 0 Å². The van der Waals surface area contributed by atoms with Crippen molar-refractivity contribution in [2.75, 3.05) is 0 Å². The smallest absolute Gasteiger partial charge is 0.316 e. The maximum atomic E-state index is 9.86. The fraction of sp³-hybridized carbons (Fsp3) is 0. The third-order valence-electron chi connectivity index (χ3n) is 0.341. The molecule has 0 radical (unpaired) electrons. The summed E-state index contributed by atoms with van der Waals surface area (Å²) in [5, 5.41) is 15.4. The molecular formula is C3H6CaMgO7. The Morgan fingerprint density at radius 1 is 0.917 bits per heavy atom. The maximum Gasteiger partial charge on any atom is 0.316 e. The zero-order valence-electron chi connectivity index (χ0n) is 4.44. The zero-order chi connectivity index (χ0) is 8.15. The van der Waals surface area contributed by atoms with Crippen LogP contribution in [0.4, 0.5) is 14.4 Å². The van der Waals surface area contributed by atoms with Crippen LogP contribution in [0.25, 0.3) is 0 Å². The summed E-state index contributed by atoms with van der Waals surface area (Å²) >= 11 is 0. The molecule has 0 amide bonds. The number of carboxylic acid groups (broad SMARTS) is 2. The molecule has 0 aliphatic carbocycles. The first-order valence-corrected chi connectivity index (χ1v) is 1.88. The fourth-order valence-electron chi connectivity index (χ4n) is 0.163. The molecule has 0 fully saturated rings. The van der Waals surface area contributed by atoms with Crippen molar-refractivity contribution < 1.29 is 34.1 Å². The number of hydrogen-bond acceptors (Lipinski definition) is 5. The third kappa shape index (κ3) is 12.9. The van der Waals surface area contributed by atoms with Gasteiger partial charge in [-0.05, 0) is 0 Å². The third-order valence-corrected chi connectivity index (χ3v) is 0.341. The molecule has 0 heterocycles. The largest absolute Gasteiger partial charge is 0.316 e. The molecule has 0 aliphatic rings. The van der Waals surface area contributed by atoms with Crippen LogP contribution < -0.4 is 0 Å². The van der Waals surface area contributed by atoms with Gasteiger partial charge in [0.25, 0.3) is 0 Å². The molecule has 64 valence electrons. The minimum Gasteiger partial charge on any atom is 0.316 e. The molecule has 0 aliphatic heterocycles. The van der Waals surface area contributed by atoms with Gasteiger partial charge < -0.3 is 19.7 Å². The summed E-state index contributed by atoms with van der Waals surface area (Å²) in [4.78, 5) is 28.8. The monoisotopic (exact) mass is 218 g/mol. The zero-order valence-corrected chi connectivity index (χ0v) is 4.44. The second kappa shape index (κ2) is 9.32. The van der Waals surface area contributed by atoms with Gasteiger partial charge in [0, 0.05) is 0 Å². The van der Waals surface area contributed by atoms with E-state index in [9.17, 15) is 14.4 Å². The Morgan fingerprint density at radius 3 is 1.33 bits per heavy atom.